The van der Waals surface area contributed by atoms with E-state index in [2.05, 4.69) is 0 Å². The molecule has 4 nitrogen and oxygen atoms in total. The highest BCUT2D eigenvalue weighted by molar-refractivity contribution is 6.38. The monoisotopic (exact) mass is 254 g/mol. The molecule has 0 saturated heterocycles. The van der Waals surface area contributed by atoms with Crippen LogP contribution in [0.15, 0.2) is 10.3 Å². The third kappa shape index (κ3) is 3.41. The molecule has 0 aromatic heterocycles. The van der Waals surface area contributed by atoms with Crippen molar-refractivity contribution in [2.75, 3.05) is 47.2 Å². The van der Waals surface area contributed by atoms with E-state index in [0.29, 0.717) is 30.2 Å². The van der Waals surface area contributed by atoms with Crippen LogP contribution in [0, 0.1) is 0 Å². The molecule has 0 fully saturated rings. The van der Waals surface area contributed by atoms with Crippen LogP contribution >= 0.6 is 23.2 Å². The number of rotatable bonds is 6. The van der Waals surface area contributed by atoms with Crippen LogP contribution in [0.2, 0.25) is 0 Å². The van der Waals surface area contributed by atoms with E-state index in [1.54, 1.807) is 14.2 Å². The van der Waals surface area contributed by atoms with Crippen molar-refractivity contribution in [2.24, 2.45) is 0 Å². The second-order valence-electron chi connectivity index (χ2n) is 3.24. The fourth-order valence-corrected chi connectivity index (χ4v) is 1.85. The molecule has 0 aromatic carbocycles. The van der Waals surface area contributed by atoms with Crippen LogP contribution in [0.1, 0.15) is 0 Å². The van der Waals surface area contributed by atoms with Gasteiger partial charge in [-0.1, -0.05) is 23.2 Å². The molecule has 0 bridgehead atoms. The summed E-state index contributed by atoms with van der Waals surface area (Å²) >= 11 is 12.1. The molecule has 15 heavy (non-hydrogen) atoms. The van der Waals surface area contributed by atoms with Crippen molar-refractivity contribution >= 4 is 23.2 Å². The van der Waals surface area contributed by atoms with Crippen LogP contribution in [-0.2, 0) is 9.47 Å². The molecule has 0 saturated carbocycles. The minimum Gasteiger partial charge on any atom is -0.383 e. The largest absolute Gasteiger partial charge is 0.383 e. The fourth-order valence-electron chi connectivity index (χ4n) is 1.33. The van der Waals surface area contributed by atoms with E-state index in [9.17, 15) is 0 Å². The molecule has 0 aromatic rings. The molecule has 0 amide bonds. The summed E-state index contributed by atoms with van der Waals surface area (Å²) in [5.74, 6) is 0. The summed E-state index contributed by atoms with van der Waals surface area (Å²) in [6, 6.07) is 0. The number of ether oxygens (including phenoxy) is 2. The highest BCUT2D eigenvalue weighted by atomic mass is 35.5. The predicted octanol–water partition coefficient (Wildman–Crippen LogP) is 1.46. The summed E-state index contributed by atoms with van der Waals surface area (Å²) in [4.78, 5) is 3.95. The second kappa shape index (κ2) is 6.43. The van der Waals surface area contributed by atoms with Gasteiger partial charge in [0, 0.05) is 27.3 Å². The van der Waals surface area contributed by atoms with E-state index in [-0.39, 0.29) is 0 Å². The Labute approximate surface area is 100 Å². The minimum absolute atomic E-state index is 0.588. The predicted molar refractivity (Wildman–Crippen MR) is 60.8 cm³/mol. The first-order chi connectivity index (χ1) is 7.20. The Morgan fingerprint density at radius 2 is 1.40 bits per heavy atom. The maximum absolute atomic E-state index is 6.07. The van der Waals surface area contributed by atoms with Crippen molar-refractivity contribution in [3.8, 4) is 0 Å². The Kier molecular flexibility index (Phi) is 5.53. The van der Waals surface area contributed by atoms with E-state index in [1.807, 2.05) is 9.80 Å². The molecule has 6 heteroatoms. The lowest BCUT2D eigenvalue weighted by Gasteiger charge is -2.21. The molecule has 1 aliphatic heterocycles. The van der Waals surface area contributed by atoms with Crippen molar-refractivity contribution in [1.29, 1.82) is 0 Å². The molecule has 88 valence electrons. The van der Waals surface area contributed by atoms with Gasteiger partial charge in [0.25, 0.3) is 0 Å². The van der Waals surface area contributed by atoms with Crippen molar-refractivity contribution < 1.29 is 9.47 Å². The number of methoxy groups -OCH3 is 2. The summed E-state index contributed by atoms with van der Waals surface area (Å²) in [7, 11) is 3.33. The first-order valence-electron chi connectivity index (χ1n) is 4.73. The van der Waals surface area contributed by atoms with Crippen molar-refractivity contribution in [3.05, 3.63) is 10.3 Å². The third-order valence-corrected chi connectivity index (χ3v) is 3.13. The molecule has 0 radical (unpaired) electrons. The Morgan fingerprint density at radius 3 is 1.73 bits per heavy atom. The fraction of sp³-hybridized carbons (Fsp3) is 0.778. The molecular weight excluding hydrogens is 239 g/mol. The summed E-state index contributed by atoms with van der Waals surface area (Å²) < 4.78 is 9.99. The van der Waals surface area contributed by atoms with Gasteiger partial charge in [0.2, 0.25) is 0 Å². The van der Waals surface area contributed by atoms with Crippen LogP contribution in [-0.4, -0.2) is 57.0 Å². The zero-order valence-electron chi connectivity index (χ0n) is 9.00. The second-order valence-corrected chi connectivity index (χ2v) is 3.95. The van der Waals surface area contributed by atoms with Gasteiger partial charge < -0.3 is 19.3 Å². The van der Waals surface area contributed by atoms with Gasteiger partial charge in [0.1, 0.15) is 10.3 Å². The highest BCUT2D eigenvalue weighted by Crippen LogP contribution is 2.28. The Balaban J connectivity index is 2.46. The molecule has 0 atom stereocenters. The molecule has 0 unspecified atom stereocenters. The lowest BCUT2D eigenvalue weighted by Crippen LogP contribution is -2.31. The van der Waals surface area contributed by atoms with Gasteiger partial charge in [-0.05, 0) is 0 Å². The minimum atomic E-state index is 0.588. The van der Waals surface area contributed by atoms with Gasteiger partial charge in [-0.25, -0.2) is 0 Å². The number of hydrogen-bond acceptors (Lipinski definition) is 4. The molecule has 1 aliphatic rings. The van der Waals surface area contributed by atoms with Gasteiger partial charge in [-0.2, -0.15) is 0 Å². The van der Waals surface area contributed by atoms with E-state index in [0.717, 1.165) is 13.1 Å². The molecular formula is C9H16Cl2N2O2. The smallest absolute Gasteiger partial charge is 0.142 e. The zero-order valence-corrected chi connectivity index (χ0v) is 10.5. The topological polar surface area (TPSA) is 24.9 Å². The Morgan fingerprint density at radius 1 is 1.00 bits per heavy atom. The number of halogens is 2. The summed E-state index contributed by atoms with van der Waals surface area (Å²) in [5, 5.41) is 1.18. The maximum Gasteiger partial charge on any atom is 0.142 e. The number of hydrogen-bond donors (Lipinski definition) is 0. The standard InChI is InChI=1S/C9H16Cl2N2O2/c1-14-5-3-12-7-13(4-6-15-2)9(11)8(12)10/h3-7H2,1-2H3. The van der Waals surface area contributed by atoms with Crippen LogP contribution in [0.5, 0.6) is 0 Å². The highest BCUT2D eigenvalue weighted by Gasteiger charge is 2.25. The first-order valence-corrected chi connectivity index (χ1v) is 5.49. The van der Waals surface area contributed by atoms with E-state index in [1.165, 1.54) is 0 Å². The van der Waals surface area contributed by atoms with E-state index in [4.69, 9.17) is 32.7 Å². The van der Waals surface area contributed by atoms with Crippen molar-refractivity contribution in [2.45, 2.75) is 0 Å². The normalized spacial score (nSPS) is 16.8. The third-order valence-electron chi connectivity index (χ3n) is 2.20. The lowest BCUT2D eigenvalue weighted by molar-refractivity contribution is 0.135. The zero-order chi connectivity index (χ0) is 11.3. The number of nitrogens with zero attached hydrogens (tertiary/aromatic N) is 2. The van der Waals surface area contributed by atoms with Crippen molar-refractivity contribution in [1.82, 2.24) is 9.80 Å². The van der Waals surface area contributed by atoms with E-state index < -0.39 is 0 Å². The molecule has 0 spiro atoms. The Hall–Kier alpha value is -0.160. The molecule has 0 N–H and O–H groups in total. The Bertz CT molecular complexity index is 214. The quantitative estimate of drug-likeness (QED) is 0.671. The van der Waals surface area contributed by atoms with Crippen LogP contribution in [0.4, 0.5) is 0 Å². The van der Waals surface area contributed by atoms with E-state index >= 15 is 0 Å². The SMILES string of the molecule is COCCN1CN(CCOC)C(Cl)=C1Cl. The summed E-state index contributed by atoms with van der Waals surface area (Å²) in [6.07, 6.45) is 0. The van der Waals surface area contributed by atoms with Gasteiger partial charge in [-0.3, -0.25) is 0 Å². The van der Waals surface area contributed by atoms with Crippen molar-refractivity contribution in [3.63, 3.8) is 0 Å². The average molecular weight is 255 g/mol. The summed E-state index contributed by atoms with van der Waals surface area (Å²) in [5.41, 5.74) is 0. The van der Waals surface area contributed by atoms with Gasteiger partial charge >= 0.3 is 0 Å². The van der Waals surface area contributed by atoms with Gasteiger partial charge in [-0.15, -0.1) is 0 Å². The van der Waals surface area contributed by atoms with Crippen LogP contribution < -0.4 is 0 Å². The lowest BCUT2D eigenvalue weighted by atomic mass is 10.6. The van der Waals surface area contributed by atoms with Gasteiger partial charge in [0.15, 0.2) is 0 Å². The van der Waals surface area contributed by atoms with Crippen LogP contribution in [0.3, 0.4) is 0 Å². The summed E-state index contributed by atoms with van der Waals surface area (Å²) in [6.45, 7) is 3.46. The maximum atomic E-state index is 6.07. The first kappa shape index (κ1) is 12.9. The van der Waals surface area contributed by atoms with Crippen LogP contribution in [0.25, 0.3) is 0 Å². The van der Waals surface area contributed by atoms with Gasteiger partial charge in [0.05, 0.1) is 19.9 Å². The molecule has 1 heterocycles. The molecule has 0 aliphatic carbocycles. The molecule has 1 rings (SSSR count). The average Bonchev–Trinajstić information content (AvgIpc) is 2.51.